The van der Waals surface area contributed by atoms with E-state index in [4.69, 9.17) is 16.3 Å². The first-order chi connectivity index (χ1) is 9.17. The molecule has 0 unspecified atom stereocenters. The van der Waals surface area contributed by atoms with Crippen molar-refractivity contribution in [3.8, 4) is 0 Å². The molecule has 1 aromatic heterocycles. The van der Waals surface area contributed by atoms with Gasteiger partial charge in [0.25, 0.3) is 0 Å². The Labute approximate surface area is 118 Å². The lowest BCUT2D eigenvalue weighted by atomic mass is 10.1. The Bertz CT molecular complexity index is 584. The van der Waals surface area contributed by atoms with Crippen LogP contribution in [0.5, 0.6) is 0 Å². The minimum absolute atomic E-state index is 0.503. The molecule has 4 heteroatoms. The number of nitrogens with one attached hydrogen (secondary N) is 1. The van der Waals surface area contributed by atoms with Crippen LogP contribution in [-0.4, -0.2) is 18.6 Å². The zero-order valence-corrected chi connectivity index (χ0v) is 12.3. The summed E-state index contributed by atoms with van der Waals surface area (Å²) in [5, 5.41) is 5.30. The number of aryl methyl sites for hydroxylation is 1. The Morgan fingerprint density at radius 1 is 1.37 bits per heavy atom. The van der Waals surface area contributed by atoms with Crippen molar-refractivity contribution in [1.82, 2.24) is 4.98 Å². The fourth-order valence-electron chi connectivity index (χ4n) is 2.08. The van der Waals surface area contributed by atoms with Crippen LogP contribution in [0.15, 0.2) is 18.2 Å². The van der Waals surface area contributed by atoms with E-state index in [-0.39, 0.29) is 0 Å². The first-order valence-electron chi connectivity index (χ1n) is 6.49. The highest BCUT2D eigenvalue weighted by Gasteiger charge is 2.09. The lowest BCUT2D eigenvalue weighted by Crippen LogP contribution is -2.04. The largest absolute Gasteiger partial charge is 0.384 e. The third-order valence-corrected chi connectivity index (χ3v) is 3.49. The average Bonchev–Trinajstić information content (AvgIpc) is 2.41. The molecule has 0 amide bonds. The Morgan fingerprint density at radius 3 is 2.84 bits per heavy atom. The zero-order chi connectivity index (χ0) is 13.8. The smallest absolute Gasteiger partial charge is 0.0885 e. The minimum atomic E-state index is 0.503. The van der Waals surface area contributed by atoms with Crippen molar-refractivity contribution in [1.29, 1.82) is 0 Å². The number of hydrogen-bond acceptors (Lipinski definition) is 3. The quantitative estimate of drug-likeness (QED) is 0.891. The summed E-state index contributed by atoms with van der Waals surface area (Å²) < 4.78 is 5.18. The number of rotatable bonds is 5. The van der Waals surface area contributed by atoms with E-state index in [0.717, 1.165) is 45.8 Å². The van der Waals surface area contributed by atoms with Crippen LogP contribution in [0, 0.1) is 6.92 Å². The second-order valence-corrected chi connectivity index (χ2v) is 5.00. The summed E-state index contributed by atoms with van der Waals surface area (Å²) in [7, 11) is 1.68. The van der Waals surface area contributed by atoms with Gasteiger partial charge in [-0.3, -0.25) is 0 Å². The SMILES string of the molecule is CCCNc1cc(COC)nc2c(C)c(Cl)ccc12. The number of benzene rings is 1. The van der Waals surface area contributed by atoms with E-state index in [1.807, 2.05) is 19.1 Å². The van der Waals surface area contributed by atoms with Crippen molar-refractivity contribution in [3.05, 3.63) is 34.5 Å². The summed E-state index contributed by atoms with van der Waals surface area (Å²) in [6, 6.07) is 6.00. The van der Waals surface area contributed by atoms with Crippen LogP contribution < -0.4 is 5.32 Å². The molecule has 0 aliphatic heterocycles. The lowest BCUT2D eigenvalue weighted by molar-refractivity contribution is 0.182. The maximum absolute atomic E-state index is 6.18. The van der Waals surface area contributed by atoms with Gasteiger partial charge in [0.05, 0.1) is 17.8 Å². The number of ether oxygens (including phenoxy) is 1. The van der Waals surface area contributed by atoms with E-state index in [1.54, 1.807) is 7.11 Å². The zero-order valence-electron chi connectivity index (χ0n) is 11.6. The summed E-state index contributed by atoms with van der Waals surface area (Å²) in [5.41, 5.74) is 3.97. The van der Waals surface area contributed by atoms with Crippen molar-refractivity contribution >= 4 is 28.2 Å². The van der Waals surface area contributed by atoms with Gasteiger partial charge in [-0.05, 0) is 37.1 Å². The molecule has 0 fully saturated rings. The summed E-state index contributed by atoms with van der Waals surface area (Å²) in [6.07, 6.45) is 1.08. The molecule has 102 valence electrons. The topological polar surface area (TPSA) is 34.1 Å². The number of fused-ring (bicyclic) bond motifs is 1. The number of hydrogen-bond donors (Lipinski definition) is 1. The summed E-state index contributed by atoms with van der Waals surface area (Å²) in [4.78, 5) is 4.64. The molecule has 0 radical (unpaired) electrons. The predicted octanol–water partition coefficient (Wildman–Crippen LogP) is 4.16. The summed E-state index contributed by atoms with van der Waals surface area (Å²) in [6.45, 7) is 5.59. The molecule has 2 rings (SSSR count). The number of methoxy groups -OCH3 is 1. The Hall–Kier alpha value is -1.32. The standard InChI is InChI=1S/C15H19ClN2O/c1-4-7-17-14-8-11(9-19-3)18-15-10(2)13(16)6-5-12(14)15/h5-6,8H,4,7,9H2,1-3H3,(H,17,18). The van der Waals surface area contributed by atoms with Crippen molar-refractivity contribution in [2.75, 3.05) is 19.0 Å². The van der Waals surface area contributed by atoms with Gasteiger partial charge in [-0.2, -0.15) is 0 Å². The van der Waals surface area contributed by atoms with Crippen LogP contribution in [0.25, 0.3) is 10.9 Å². The van der Waals surface area contributed by atoms with E-state index < -0.39 is 0 Å². The maximum Gasteiger partial charge on any atom is 0.0885 e. The highest BCUT2D eigenvalue weighted by atomic mass is 35.5. The molecule has 0 aliphatic rings. The molecule has 0 atom stereocenters. The molecule has 0 spiro atoms. The van der Waals surface area contributed by atoms with Crippen LogP contribution in [0.3, 0.4) is 0 Å². The third-order valence-electron chi connectivity index (χ3n) is 3.08. The van der Waals surface area contributed by atoms with Gasteiger partial charge in [0.1, 0.15) is 0 Å². The van der Waals surface area contributed by atoms with Gasteiger partial charge in [-0.25, -0.2) is 4.98 Å². The summed E-state index contributed by atoms with van der Waals surface area (Å²) >= 11 is 6.18. The highest BCUT2D eigenvalue weighted by Crippen LogP contribution is 2.30. The maximum atomic E-state index is 6.18. The van der Waals surface area contributed by atoms with Crippen LogP contribution >= 0.6 is 11.6 Å². The first kappa shape index (κ1) is 14.1. The van der Waals surface area contributed by atoms with Gasteiger partial charge in [0.2, 0.25) is 0 Å². The molecule has 3 nitrogen and oxygen atoms in total. The van der Waals surface area contributed by atoms with Gasteiger partial charge in [-0.15, -0.1) is 0 Å². The third kappa shape index (κ3) is 2.99. The van der Waals surface area contributed by atoms with Gasteiger partial charge in [0.15, 0.2) is 0 Å². The molecule has 0 aliphatic carbocycles. The average molecular weight is 279 g/mol. The number of aromatic nitrogens is 1. The van der Waals surface area contributed by atoms with Gasteiger partial charge < -0.3 is 10.1 Å². The summed E-state index contributed by atoms with van der Waals surface area (Å²) in [5.74, 6) is 0. The van der Waals surface area contributed by atoms with Gasteiger partial charge in [-0.1, -0.05) is 18.5 Å². The van der Waals surface area contributed by atoms with Crippen molar-refractivity contribution in [2.45, 2.75) is 26.9 Å². The minimum Gasteiger partial charge on any atom is -0.384 e. The van der Waals surface area contributed by atoms with Crippen molar-refractivity contribution < 1.29 is 4.74 Å². The normalized spacial score (nSPS) is 10.9. The molecule has 1 N–H and O–H groups in total. The fourth-order valence-corrected chi connectivity index (χ4v) is 2.24. The molecule has 0 bridgehead atoms. The Balaban J connectivity index is 2.60. The molecular formula is C15H19ClN2O. The number of pyridine rings is 1. The molecule has 2 aromatic rings. The number of anilines is 1. The molecule has 19 heavy (non-hydrogen) atoms. The van der Waals surface area contributed by atoms with E-state index >= 15 is 0 Å². The molecule has 0 saturated carbocycles. The second-order valence-electron chi connectivity index (χ2n) is 4.59. The Morgan fingerprint density at radius 2 is 2.16 bits per heavy atom. The first-order valence-corrected chi connectivity index (χ1v) is 6.86. The van der Waals surface area contributed by atoms with E-state index in [9.17, 15) is 0 Å². The molecule has 1 heterocycles. The van der Waals surface area contributed by atoms with Crippen LogP contribution in [0.4, 0.5) is 5.69 Å². The van der Waals surface area contributed by atoms with Crippen molar-refractivity contribution in [3.63, 3.8) is 0 Å². The van der Waals surface area contributed by atoms with Gasteiger partial charge >= 0.3 is 0 Å². The van der Waals surface area contributed by atoms with Gasteiger partial charge in [0, 0.05) is 29.8 Å². The van der Waals surface area contributed by atoms with Crippen LogP contribution in [0.1, 0.15) is 24.6 Å². The fraction of sp³-hybridized carbons (Fsp3) is 0.400. The van der Waals surface area contributed by atoms with Crippen LogP contribution in [0.2, 0.25) is 5.02 Å². The van der Waals surface area contributed by atoms with Crippen LogP contribution in [-0.2, 0) is 11.3 Å². The highest BCUT2D eigenvalue weighted by molar-refractivity contribution is 6.32. The lowest BCUT2D eigenvalue weighted by Gasteiger charge is -2.13. The monoisotopic (exact) mass is 278 g/mol. The Kier molecular flexibility index (Phi) is 4.61. The second kappa shape index (κ2) is 6.22. The predicted molar refractivity (Wildman–Crippen MR) is 81.0 cm³/mol. The molecule has 0 saturated heterocycles. The van der Waals surface area contributed by atoms with E-state index in [1.165, 1.54) is 0 Å². The number of nitrogens with zero attached hydrogens (tertiary/aromatic N) is 1. The van der Waals surface area contributed by atoms with E-state index in [2.05, 4.69) is 23.3 Å². The molecule has 1 aromatic carbocycles. The molecular weight excluding hydrogens is 260 g/mol. The van der Waals surface area contributed by atoms with Crippen molar-refractivity contribution in [2.24, 2.45) is 0 Å². The van der Waals surface area contributed by atoms with E-state index in [0.29, 0.717) is 6.61 Å². The number of halogens is 1.